The molecule has 0 saturated heterocycles. The molecule has 0 aliphatic rings. The van der Waals surface area contributed by atoms with Crippen LogP contribution in [-0.4, -0.2) is 6.04 Å². The van der Waals surface area contributed by atoms with Crippen LogP contribution in [0.15, 0.2) is 24.3 Å². The van der Waals surface area contributed by atoms with Crippen molar-refractivity contribution in [3.05, 3.63) is 29.8 Å². The average molecular weight is 164 g/mol. The van der Waals surface area contributed by atoms with Crippen molar-refractivity contribution >= 4 is 5.69 Å². The predicted molar refractivity (Wildman–Crippen MR) is 53.1 cm³/mol. The lowest BCUT2D eigenvalue weighted by Crippen LogP contribution is -2.29. The lowest BCUT2D eigenvalue weighted by Gasteiger charge is -2.12. The molecule has 0 aliphatic heterocycles. The Hall–Kier alpha value is -1.02. The van der Waals surface area contributed by atoms with Crippen molar-refractivity contribution in [3.63, 3.8) is 0 Å². The number of anilines is 1. The van der Waals surface area contributed by atoms with Gasteiger partial charge >= 0.3 is 0 Å². The minimum atomic E-state index is 0.449. The summed E-state index contributed by atoms with van der Waals surface area (Å²) >= 11 is 0. The maximum atomic E-state index is 3.16. The smallest absolute Gasteiger partial charge is 0.0516 e. The molecule has 12 heavy (non-hydrogen) atoms. The Bertz CT molecular complexity index is 243. The van der Waals surface area contributed by atoms with E-state index in [2.05, 4.69) is 43.8 Å². The molecular weight excluding hydrogens is 148 g/mol. The van der Waals surface area contributed by atoms with Crippen molar-refractivity contribution in [2.24, 2.45) is 0 Å². The van der Waals surface area contributed by atoms with E-state index in [0.717, 1.165) is 5.69 Å². The lowest BCUT2D eigenvalue weighted by atomic mass is 10.2. The van der Waals surface area contributed by atoms with E-state index in [-0.39, 0.29) is 0 Å². The summed E-state index contributed by atoms with van der Waals surface area (Å²) in [7, 11) is 0. The number of nitrogens with one attached hydrogen (secondary N) is 2. The minimum Gasteiger partial charge on any atom is -0.321 e. The Morgan fingerprint density at radius 1 is 1.17 bits per heavy atom. The Morgan fingerprint density at radius 2 is 1.83 bits per heavy atom. The van der Waals surface area contributed by atoms with Crippen LogP contribution in [-0.2, 0) is 0 Å². The van der Waals surface area contributed by atoms with Gasteiger partial charge in [0.05, 0.1) is 5.69 Å². The molecule has 0 radical (unpaired) electrons. The van der Waals surface area contributed by atoms with Gasteiger partial charge in [-0.3, -0.25) is 0 Å². The molecule has 0 atom stereocenters. The number of hydrazine groups is 1. The lowest BCUT2D eigenvalue weighted by molar-refractivity contribution is 0.659. The monoisotopic (exact) mass is 164 g/mol. The van der Waals surface area contributed by atoms with Gasteiger partial charge in [0.2, 0.25) is 0 Å². The minimum absolute atomic E-state index is 0.449. The summed E-state index contributed by atoms with van der Waals surface area (Å²) in [6, 6.07) is 8.66. The third kappa shape index (κ3) is 2.55. The van der Waals surface area contributed by atoms with Crippen LogP contribution >= 0.6 is 0 Å². The van der Waals surface area contributed by atoms with Gasteiger partial charge in [-0.2, -0.15) is 0 Å². The molecule has 1 aromatic carbocycles. The molecule has 0 spiro atoms. The number of benzene rings is 1. The van der Waals surface area contributed by atoms with Crippen molar-refractivity contribution in [1.29, 1.82) is 0 Å². The fraction of sp³-hybridized carbons (Fsp3) is 0.400. The fourth-order valence-corrected chi connectivity index (χ4v) is 0.935. The molecule has 0 heterocycles. The largest absolute Gasteiger partial charge is 0.321 e. The maximum Gasteiger partial charge on any atom is 0.0516 e. The number of aryl methyl sites for hydroxylation is 1. The Balaban J connectivity index is 2.57. The topological polar surface area (TPSA) is 24.1 Å². The van der Waals surface area contributed by atoms with Crippen molar-refractivity contribution < 1.29 is 0 Å². The highest BCUT2D eigenvalue weighted by atomic mass is 15.4. The van der Waals surface area contributed by atoms with Gasteiger partial charge in [-0.15, -0.1) is 0 Å². The number of hydrogen-bond donors (Lipinski definition) is 2. The molecule has 0 aliphatic carbocycles. The predicted octanol–water partition coefficient (Wildman–Crippen LogP) is 2.32. The molecule has 66 valence electrons. The van der Waals surface area contributed by atoms with Crippen LogP contribution in [0.25, 0.3) is 0 Å². The Kier molecular flexibility index (Phi) is 3.11. The third-order valence-electron chi connectivity index (χ3n) is 1.64. The zero-order valence-corrected chi connectivity index (χ0v) is 7.89. The van der Waals surface area contributed by atoms with Gasteiger partial charge < -0.3 is 5.43 Å². The van der Waals surface area contributed by atoms with Crippen LogP contribution in [0.1, 0.15) is 19.4 Å². The molecule has 1 aromatic rings. The van der Waals surface area contributed by atoms with Gasteiger partial charge in [-0.1, -0.05) is 18.2 Å². The van der Waals surface area contributed by atoms with Crippen molar-refractivity contribution in [2.45, 2.75) is 26.8 Å². The third-order valence-corrected chi connectivity index (χ3v) is 1.64. The second-order valence-electron chi connectivity index (χ2n) is 3.24. The molecule has 0 aromatic heterocycles. The van der Waals surface area contributed by atoms with Gasteiger partial charge in [0.25, 0.3) is 0 Å². The first-order valence-electron chi connectivity index (χ1n) is 4.27. The summed E-state index contributed by atoms with van der Waals surface area (Å²) in [6.07, 6.45) is 0. The maximum absolute atomic E-state index is 3.16. The summed E-state index contributed by atoms with van der Waals surface area (Å²) in [5, 5.41) is 0. The van der Waals surface area contributed by atoms with E-state index in [9.17, 15) is 0 Å². The summed E-state index contributed by atoms with van der Waals surface area (Å²) in [5.74, 6) is 0. The van der Waals surface area contributed by atoms with Gasteiger partial charge in [0.1, 0.15) is 0 Å². The zero-order valence-electron chi connectivity index (χ0n) is 7.89. The van der Waals surface area contributed by atoms with Gasteiger partial charge in [0.15, 0.2) is 0 Å². The van der Waals surface area contributed by atoms with E-state index in [1.165, 1.54) is 5.56 Å². The molecular formula is C10H16N2. The first kappa shape index (κ1) is 9.07. The normalized spacial score (nSPS) is 10.3. The van der Waals surface area contributed by atoms with Crippen molar-refractivity contribution in [3.8, 4) is 0 Å². The van der Waals surface area contributed by atoms with Gasteiger partial charge in [0, 0.05) is 6.04 Å². The molecule has 2 heteroatoms. The molecule has 0 fully saturated rings. The summed E-state index contributed by atoms with van der Waals surface area (Å²) in [4.78, 5) is 0. The van der Waals surface area contributed by atoms with Crippen LogP contribution in [0.3, 0.4) is 0 Å². The highest BCUT2D eigenvalue weighted by molar-refractivity contribution is 5.49. The van der Waals surface area contributed by atoms with Crippen molar-refractivity contribution in [1.82, 2.24) is 5.43 Å². The van der Waals surface area contributed by atoms with E-state index >= 15 is 0 Å². The van der Waals surface area contributed by atoms with Crippen LogP contribution in [0, 0.1) is 6.92 Å². The molecule has 0 saturated carbocycles. The summed E-state index contributed by atoms with van der Waals surface area (Å²) < 4.78 is 0. The molecule has 2 nitrogen and oxygen atoms in total. The Morgan fingerprint density at radius 3 is 2.42 bits per heavy atom. The van der Waals surface area contributed by atoms with Gasteiger partial charge in [-0.25, -0.2) is 5.43 Å². The van der Waals surface area contributed by atoms with Gasteiger partial charge in [-0.05, 0) is 32.4 Å². The highest BCUT2D eigenvalue weighted by Crippen LogP contribution is 2.11. The van der Waals surface area contributed by atoms with Crippen LogP contribution in [0.5, 0.6) is 0 Å². The fourth-order valence-electron chi connectivity index (χ4n) is 0.935. The first-order valence-corrected chi connectivity index (χ1v) is 4.27. The van der Waals surface area contributed by atoms with E-state index in [0.29, 0.717) is 6.04 Å². The average Bonchev–Trinajstić information content (AvgIpc) is 2.03. The summed E-state index contributed by atoms with van der Waals surface area (Å²) in [5.41, 5.74) is 8.71. The van der Waals surface area contributed by atoms with Crippen LogP contribution in [0.4, 0.5) is 5.69 Å². The molecule has 0 amide bonds. The molecule has 0 bridgehead atoms. The zero-order chi connectivity index (χ0) is 8.97. The second-order valence-corrected chi connectivity index (χ2v) is 3.24. The van der Waals surface area contributed by atoms with E-state index in [1.807, 2.05) is 12.1 Å². The SMILES string of the molecule is Cc1ccccc1NNC(C)C. The number of para-hydroxylation sites is 1. The molecule has 0 unspecified atom stereocenters. The number of rotatable bonds is 3. The van der Waals surface area contributed by atoms with E-state index < -0.39 is 0 Å². The van der Waals surface area contributed by atoms with Crippen LogP contribution in [0.2, 0.25) is 0 Å². The molecule has 1 rings (SSSR count). The first-order chi connectivity index (χ1) is 5.70. The number of hydrogen-bond acceptors (Lipinski definition) is 2. The summed E-state index contributed by atoms with van der Waals surface area (Å²) in [6.45, 7) is 6.29. The van der Waals surface area contributed by atoms with E-state index in [4.69, 9.17) is 0 Å². The Labute approximate surface area is 74.0 Å². The quantitative estimate of drug-likeness (QED) is 0.670. The highest BCUT2D eigenvalue weighted by Gasteiger charge is 1.95. The van der Waals surface area contributed by atoms with Crippen LogP contribution < -0.4 is 10.9 Å². The second kappa shape index (κ2) is 4.12. The van der Waals surface area contributed by atoms with E-state index in [1.54, 1.807) is 0 Å². The standard InChI is InChI=1S/C10H16N2/c1-8(2)11-12-10-7-5-4-6-9(10)3/h4-8,11-12H,1-3H3. The van der Waals surface area contributed by atoms with Crippen molar-refractivity contribution in [2.75, 3.05) is 5.43 Å². The molecule has 2 N–H and O–H groups in total.